The summed E-state index contributed by atoms with van der Waals surface area (Å²) in [6, 6.07) is 0. The molecule has 0 heterocycles. The highest BCUT2D eigenvalue weighted by Crippen LogP contribution is 2.14. The Morgan fingerprint density at radius 1 is 0.339 bits per heavy atom. The maximum absolute atomic E-state index is 12.8. The fourth-order valence-electron chi connectivity index (χ4n) is 7.07. The van der Waals surface area contributed by atoms with Crippen LogP contribution in [-0.4, -0.2) is 37.2 Å². The van der Waals surface area contributed by atoms with Gasteiger partial charge >= 0.3 is 17.9 Å². The molecule has 6 heteroatoms. The van der Waals surface area contributed by atoms with Gasteiger partial charge in [-0.15, -0.1) is 0 Å². The summed E-state index contributed by atoms with van der Waals surface area (Å²) < 4.78 is 16.8. The standard InChI is InChI=1S/C56H96O6/c1-4-7-10-13-16-19-22-25-28-31-34-37-40-43-46-49-55(58)61-52-53(51-60-54(57)48-45-42-39-36-33-30-27-24-21-18-15-12-9-6-3)62-56(59)50-47-44-41-38-35-32-29-26-23-20-17-14-11-8-5-2/h7,10,13,16-17,19-20,22-23,26,30,33,53H,4-6,8-9,11-12,14-15,18,21,24-25,27-29,31-32,34-52H2,1-3H3/b10-7-,16-13-,20-17-,22-19-,26-23-,33-30-. The number of rotatable bonds is 46. The van der Waals surface area contributed by atoms with Crippen molar-refractivity contribution in [1.82, 2.24) is 0 Å². The third kappa shape index (κ3) is 47.9. The molecular formula is C56H96O6. The van der Waals surface area contributed by atoms with Gasteiger partial charge in [0.15, 0.2) is 6.10 Å². The SMILES string of the molecule is CC\C=C/C=C\C=C/CCCCCCCCCC(=O)OCC(COC(=O)CCCCC/C=C\CCCCCCCCC)OC(=O)CCCCCCCC/C=C\C=C/CCCCC. The number of unbranched alkanes of at least 4 members (excludes halogenated alkanes) is 26. The van der Waals surface area contributed by atoms with Gasteiger partial charge in [0.2, 0.25) is 0 Å². The summed E-state index contributed by atoms with van der Waals surface area (Å²) in [6.07, 6.45) is 63.1. The highest BCUT2D eigenvalue weighted by molar-refractivity contribution is 5.71. The molecular weight excluding hydrogens is 769 g/mol. The number of carbonyl (C=O) groups excluding carboxylic acids is 3. The van der Waals surface area contributed by atoms with Crippen LogP contribution in [0.4, 0.5) is 0 Å². The molecule has 0 saturated heterocycles. The maximum Gasteiger partial charge on any atom is 0.306 e. The number of hydrogen-bond donors (Lipinski definition) is 0. The lowest BCUT2D eigenvalue weighted by atomic mass is 10.1. The molecule has 0 radical (unpaired) electrons. The summed E-state index contributed by atoms with van der Waals surface area (Å²) in [5.41, 5.74) is 0. The molecule has 6 nitrogen and oxygen atoms in total. The van der Waals surface area contributed by atoms with Crippen molar-refractivity contribution in [3.63, 3.8) is 0 Å². The van der Waals surface area contributed by atoms with Crippen molar-refractivity contribution in [2.45, 2.75) is 252 Å². The average Bonchev–Trinajstić information content (AvgIpc) is 3.27. The smallest absolute Gasteiger partial charge is 0.306 e. The molecule has 356 valence electrons. The van der Waals surface area contributed by atoms with E-state index in [9.17, 15) is 14.4 Å². The number of hydrogen-bond acceptors (Lipinski definition) is 6. The van der Waals surface area contributed by atoms with Gasteiger partial charge in [-0.3, -0.25) is 14.4 Å². The van der Waals surface area contributed by atoms with Crippen LogP contribution in [0.1, 0.15) is 245 Å². The van der Waals surface area contributed by atoms with Crippen molar-refractivity contribution in [1.29, 1.82) is 0 Å². The quantitative estimate of drug-likeness (QED) is 0.0199. The van der Waals surface area contributed by atoms with E-state index < -0.39 is 6.10 Å². The van der Waals surface area contributed by atoms with Gasteiger partial charge < -0.3 is 14.2 Å². The Morgan fingerprint density at radius 3 is 1.08 bits per heavy atom. The van der Waals surface area contributed by atoms with Crippen molar-refractivity contribution < 1.29 is 28.6 Å². The van der Waals surface area contributed by atoms with Crippen LogP contribution in [-0.2, 0) is 28.6 Å². The number of carbonyl (C=O) groups is 3. The third-order valence-electron chi connectivity index (χ3n) is 11.0. The molecule has 0 N–H and O–H groups in total. The van der Waals surface area contributed by atoms with Crippen LogP contribution < -0.4 is 0 Å². The second-order valence-electron chi connectivity index (χ2n) is 17.1. The Hall–Kier alpha value is -3.15. The Kier molecular flexibility index (Phi) is 47.9. The van der Waals surface area contributed by atoms with E-state index in [2.05, 4.69) is 93.7 Å². The van der Waals surface area contributed by atoms with E-state index in [0.717, 1.165) is 96.3 Å². The third-order valence-corrected chi connectivity index (χ3v) is 11.0. The van der Waals surface area contributed by atoms with Gasteiger partial charge in [0.05, 0.1) is 0 Å². The molecule has 0 amide bonds. The van der Waals surface area contributed by atoms with Crippen molar-refractivity contribution in [3.8, 4) is 0 Å². The monoisotopic (exact) mass is 865 g/mol. The summed E-state index contributed by atoms with van der Waals surface area (Å²) in [4.78, 5) is 38.0. The zero-order chi connectivity index (χ0) is 45.1. The first-order valence-corrected chi connectivity index (χ1v) is 26.0. The van der Waals surface area contributed by atoms with E-state index in [1.807, 2.05) is 0 Å². The van der Waals surface area contributed by atoms with E-state index in [0.29, 0.717) is 19.3 Å². The van der Waals surface area contributed by atoms with Gasteiger partial charge in [-0.05, 0) is 89.9 Å². The molecule has 0 aromatic carbocycles. The van der Waals surface area contributed by atoms with Crippen LogP contribution in [0.15, 0.2) is 72.9 Å². The van der Waals surface area contributed by atoms with Gasteiger partial charge in [-0.2, -0.15) is 0 Å². The summed E-state index contributed by atoms with van der Waals surface area (Å²) in [5.74, 6) is -0.928. The minimum atomic E-state index is -0.792. The van der Waals surface area contributed by atoms with Gasteiger partial charge in [0, 0.05) is 19.3 Å². The Balaban J connectivity index is 4.44. The molecule has 0 rings (SSSR count). The zero-order valence-corrected chi connectivity index (χ0v) is 40.6. The Morgan fingerprint density at radius 2 is 0.645 bits per heavy atom. The molecule has 0 aromatic rings. The van der Waals surface area contributed by atoms with Crippen LogP contribution in [0.2, 0.25) is 0 Å². The average molecular weight is 865 g/mol. The fourth-order valence-corrected chi connectivity index (χ4v) is 7.07. The zero-order valence-electron chi connectivity index (χ0n) is 40.6. The van der Waals surface area contributed by atoms with Crippen LogP contribution in [0.25, 0.3) is 0 Å². The molecule has 62 heavy (non-hydrogen) atoms. The minimum absolute atomic E-state index is 0.0915. The number of esters is 3. The minimum Gasteiger partial charge on any atom is -0.462 e. The highest BCUT2D eigenvalue weighted by atomic mass is 16.6. The van der Waals surface area contributed by atoms with Gasteiger partial charge in [0.1, 0.15) is 13.2 Å². The summed E-state index contributed by atoms with van der Waals surface area (Å²) in [6.45, 7) is 6.44. The van der Waals surface area contributed by atoms with E-state index in [1.54, 1.807) is 0 Å². The molecule has 0 aromatic heterocycles. The predicted octanol–water partition coefficient (Wildman–Crippen LogP) is 17.0. The number of allylic oxidation sites excluding steroid dienone is 12. The highest BCUT2D eigenvalue weighted by Gasteiger charge is 2.19. The van der Waals surface area contributed by atoms with Crippen LogP contribution in [0.3, 0.4) is 0 Å². The van der Waals surface area contributed by atoms with Crippen molar-refractivity contribution in [2.75, 3.05) is 13.2 Å². The maximum atomic E-state index is 12.8. The van der Waals surface area contributed by atoms with Crippen LogP contribution >= 0.6 is 0 Å². The summed E-state index contributed by atoms with van der Waals surface area (Å²) in [5, 5.41) is 0. The van der Waals surface area contributed by atoms with E-state index in [4.69, 9.17) is 14.2 Å². The topological polar surface area (TPSA) is 78.9 Å². The summed E-state index contributed by atoms with van der Waals surface area (Å²) in [7, 11) is 0. The second kappa shape index (κ2) is 50.5. The Bertz CT molecular complexity index is 1180. The first kappa shape index (κ1) is 58.9. The molecule has 1 unspecified atom stereocenters. The molecule has 0 aliphatic heterocycles. The first-order chi connectivity index (χ1) is 30.5. The normalized spacial score (nSPS) is 12.6. The fraction of sp³-hybridized carbons (Fsp3) is 0.732. The molecule has 0 saturated carbocycles. The first-order valence-electron chi connectivity index (χ1n) is 26.0. The van der Waals surface area contributed by atoms with E-state index >= 15 is 0 Å². The lowest BCUT2D eigenvalue weighted by Gasteiger charge is -2.18. The largest absolute Gasteiger partial charge is 0.462 e. The second-order valence-corrected chi connectivity index (χ2v) is 17.1. The van der Waals surface area contributed by atoms with Gasteiger partial charge in [0.25, 0.3) is 0 Å². The summed E-state index contributed by atoms with van der Waals surface area (Å²) >= 11 is 0. The molecule has 0 spiro atoms. The molecule has 1 atom stereocenters. The van der Waals surface area contributed by atoms with E-state index in [1.165, 1.54) is 109 Å². The van der Waals surface area contributed by atoms with Gasteiger partial charge in [-0.1, -0.05) is 209 Å². The van der Waals surface area contributed by atoms with Crippen molar-refractivity contribution >= 4 is 17.9 Å². The lowest BCUT2D eigenvalue weighted by Crippen LogP contribution is -2.30. The van der Waals surface area contributed by atoms with Crippen molar-refractivity contribution in [2.24, 2.45) is 0 Å². The molecule has 0 bridgehead atoms. The molecule has 0 aliphatic carbocycles. The molecule has 0 fully saturated rings. The van der Waals surface area contributed by atoms with Crippen LogP contribution in [0.5, 0.6) is 0 Å². The number of ether oxygens (including phenoxy) is 3. The van der Waals surface area contributed by atoms with Crippen molar-refractivity contribution in [3.05, 3.63) is 72.9 Å². The van der Waals surface area contributed by atoms with Gasteiger partial charge in [-0.25, -0.2) is 0 Å². The Labute approximate surface area is 382 Å². The van der Waals surface area contributed by atoms with Crippen LogP contribution in [0, 0.1) is 0 Å². The lowest BCUT2D eigenvalue weighted by molar-refractivity contribution is -0.167. The molecule has 0 aliphatic rings. The van der Waals surface area contributed by atoms with E-state index in [-0.39, 0.29) is 31.1 Å². The predicted molar refractivity (Wildman–Crippen MR) is 265 cm³/mol.